The molecule has 0 bridgehead atoms. The first kappa shape index (κ1) is 19.6. The molecule has 0 fully saturated rings. The van der Waals surface area contributed by atoms with Crippen LogP contribution in [0.3, 0.4) is 0 Å². The molecule has 0 saturated carbocycles. The van der Waals surface area contributed by atoms with Gasteiger partial charge in [-0.1, -0.05) is 6.07 Å². The number of anilines is 2. The molecule has 4 heterocycles. The van der Waals surface area contributed by atoms with E-state index in [9.17, 15) is 4.79 Å². The lowest BCUT2D eigenvalue weighted by Crippen LogP contribution is -2.19. The zero-order valence-electron chi connectivity index (χ0n) is 17.8. The van der Waals surface area contributed by atoms with E-state index < -0.39 is 0 Å². The second kappa shape index (κ2) is 7.73. The molecule has 0 atom stereocenters. The van der Waals surface area contributed by atoms with Crippen molar-refractivity contribution in [1.82, 2.24) is 24.7 Å². The summed E-state index contributed by atoms with van der Waals surface area (Å²) >= 11 is 0. The fourth-order valence-electron chi connectivity index (χ4n) is 3.66. The number of benzene rings is 1. The molecular formula is C24H20N6O2. The fourth-order valence-corrected chi connectivity index (χ4v) is 3.66. The van der Waals surface area contributed by atoms with E-state index in [-0.39, 0.29) is 5.56 Å². The SMILES string of the molecule is Cc1cc2c(cn1)cc(-c1cc(Nc3noc(-c4cccnc4)n3)ccc1C)c(=O)n2C. The molecule has 0 radical (unpaired) electrons. The molecule has 0 aliphatic heterocycles. The zero-order valence-corrected chi connectivity index (χ0v) is 17.8. The number of nitrogens with zero attached hydrogens (tertiary/aromatic N) is 5. The maximum Gasteiger partial charge on any atom is 0.268 e. The summed E-state index contributed by atoms with van der Waals surface area (Å²) in [5.41, 5.74) is 5.55. The van der Waals surface area contributed by atoms with E-state index >= 15 is 0 Å². The Labute approximate surface area is 183 Å². The minimum Gasteiger partial charge on any atom is -0.332 e. The number of pyridine rings is 3. The Balaban J connectivity index is 1.53. The fraction of sp³-hybridized carbons (Fsp3) is 0.125. The quantitative estimate of drug-likeness (QED) is 0.456. The van der Waals surface area contributed by atoms with Crippen molar-refractivity contribution in [3.05, 3.63) is 82.7 Å². The van der Waals surface area contributed by atoms with E-state index in [4.69, 9.17) is 4.52 Å². The van der Waals surface area contributed by atoms with Crippen molar-refractivity contribution >= 4 is 22.5 Å². The highest BCUT2D eigenvalue weighted by Gasteiger charge is 2.14. The molecule has 1 N–H and O–H groups in total. The number of hydrogen-bond donors (Lipinski definition) is 1. The molecule has 158 valence electrons. The molecule has 0 unspecified atom stereocenters. The topological polar surface area (TPSA) is 98.7 Å². The maximum absolute atomic E-state index is 13.2. The summed E-state index contributed by atoms with van der Waals surface area (Å²) in [7, 11) is 1.78. The molecule has 0 spiro atoms. The van der Waals surface area contributed by atoms with Gasteiger partial charge in [0.15, 0.2) is 0 Å². The van der Waals surface area contributed by atoms with E-state index in [2.05, 4.69) is 25.4 Å². The number of hydrogen-bond acceptors (Lipinski definition) is 7. The molecule has 5 rings (SSSR count). The monoisotopic (exact) mass is 424 g/mol. The van der Waals surface area contributed by atoms with Crippen LogP contribution in [-0.4, -0.2) is 24.7 Å². The van der Waals surface area contributed by atoms with Gasteiger partial charge in [0.2, 0.25) is 0 Å². The van der Waals surface area contributed by atoms with Gasteiger partial charge in [0, 0.05) is 48.0 Å². The van der Waals surface area contributed by atoms with Crippen LogP contribution >= 0.6 is 0 Å². The second-order valence-corrected chi connectivity index (χ2v) is 7.63. The van der Waals surface area contributed by atoms with Crippen LogP contribution in [0.1, 0.15) is 11.3 Å². The summed E-state index contributed by atoms with van der Waals surface area (Å²) in [6.45, 7) is 3.89. The molecule has 0 aliphatic carbocycles. The Bertz CT molecular complexity index is 1500. The minimum atomic E-state index is -0.0678. The van der Waals surface area contributed by atoms with E-state index in [0.29, 0.717) is 17.4 Å². The van der Waals surface area contributed by atoms with Crippen molar-refractivity contribution in [2.45, 2.75) is 13.8 Å². The van der Waals surface area contributed by atoms with Gasteiger partial charge in [-0.3, -0.25) is 14.8 Å². The van der Waals surface area contributed by atoms with Crippen molar-refractivity contribution in [3.8, 4) is 22.6 Å². The number of aryl methyl sites for hydroxylation is 3. The van der Waals surface area contributed by atoms with Gasteiger partial charge in [-0.2, -0.15) is 4.98 Å². The normalized spacial score (nSPS) is 11.1. The Morgan fingerprint density at radius 1 is 1.03 bits per heavy atom. The van der Waals surface area contributed by atoms with Crippen molar-refractivity contribution in [1.29, 1.82) is 0 Å². The van der Waals surface area contributed by atoms with Crippen molar-refractivity contribution < 1.29 is 4.52 Å². The third kappa shape index (κ3) is 3.51. The molecule has 8 nitrogen and oxygen atoms in total. The van der Waals surface area contributed by atoms with Gasteiger partial charge in [0.1, 0.15) is 0 Å². The molecule has 0 aliphatic rings. The molecule has 5 aromatic rings. The molecule has 8 heteroatoms. The van der Waals surface area contributed by atoms with Crippen molar-refractivity contribution in [3.63, 3.8) is 0 Å². The average molecular weight is 424 g/mol. The Kier molecular flexibility index (Phi) is 4.74. The molecule has 1 aromatic carbocycles. The van der Waals surface area contributed by atoms with Crippen molar-refractivity contribution in [2.24, 2.45) is 7.05 Å². The zero-order chi connectivity index (χ0) is 22.2. The van der Waals surface area contributed by atoms with Crippen LogP contribution in [0, 0.1) is 13.8 Å². The average Bonchev–Trinajstić information content (AvgIpc) is 3.27. The lowest BCUT2D eigenvalue weighted by Gasteiger charge is -2.12. The lowest BCUT2D eigenvalue weighted by atomic mass is 9.99. The summed E-state index contributed by atoms with van der Waals surface area (Å²) in [5, 5.41) is 8.05. The maximum atomic E-state index is 13.2. The van der Waals surface area contributed by atoms with Gasteiger partial charge in [0.25, 0.3) is 17.4 Å². The van der Waals surface area contributed by atoms with Crippen LogP contribution in [0.5, 0.6) is 0 Å². The summed E-state index contributed by atoms with van der Waals surface area (Å²) in [6.07, 6.45) is 5.14. The highest BCUT2D eigenvalue weighted by atomic mass is 16.5. The van der Waals surface area contributed by atoms with Crippen LogP contribution in [0.4, 0.5) is 11.6 Å². The van der Waals surface area contributed by atoms with Gasteiger partial charge < -0.3 is 14.4 Å². The summed E-state index contributed by atoms with van der Waals surface area (Å²) in [5.74, 6) is 0.698. The van der Waals surface area contributed by atoms with E-state index in [1.54, 1.807) is 36.3 Å². The van der Waals surface area contributed by atoms with Gasteiger partial charge in [-0.15, -0.1) is 0 Å². The van der Waals surface area contributed by atoms with Gasteiger partial charge in [-0.25, -0.2) is 0 Å². The first-order valence-corrected chi connectivity index (χ1v) is 10.1. The van der Waals surface area contributed by atoms with Crippen molar-refractivity contribution in [2.75, 3.05) is 5.32 Å². The third-order valence-corrected chi connectivity index (χ3v) is 5.36. The number of nitrogens with one attached hydrogen (secondary N) is 1. The van der Waals surface area contributed by atoms with Gasteiger partial charge >= 0.3 is 0 Å². The first-order valence-electron chi connectivity index (χ1n) is 10.1. The summed E-state index contributed by atoms with van der Waals surface area (Å²) in [4.78, 5) is 26.0. The molecule has 0 amide bonds. The molecular weight excluding hydrogens is 404 g/mol. The summed E-state index contributed by atoms with van der Waals surface area (Å²) < 4.78 is 7.00. The standard InChI is InChI=1S/C24H20N6O2/c1-14-6-7-18(27-24-28-22(32-29-24)16-5-4-8-25-12-16)11-19(14)20-10-17-13-26-15(2)9-21(17)30(3)23(20)31/h4-13H,1-3H3,(H,27,29). The largest absolute Gasteiger partial charge is 0.332 e. The molecule has 0 saturated heterocycles. The van der Waals surface area contributed by atoms with Crippen LogP contribution in [-0.2, 0) is 7.05 Å². The van der Waals surface area contributed by atoms with Crippen LogP contribution < -0.4 is 10.9 Å². The van der Waals surface area contributed by atoms with E-state index in [1.165, 1.54) is 0 Å². The predicted molar refractivity (Wildman–Crippen MR) is 123 cm³/mol. The molecule has 4 aromatic heterocycles. The van der Waals surface area contributed by atoms with Crippen LogP contribution in [0.25, 0.3) is 33.5 Å². The molecule has 32 heavy (non-hydrogen) atoms. The van der Waals surface area contributed by atoms with Gasteiger partial charge in [-0.05, 0) is 66.5 Å². The number of aromatic nitrogens is 5. The summed E-state index contributed by atoms with van der Waals surface area (Å²) in [6, 6.07) is 13.2. The smallest absolute Gasteiger partial charge is 0.268 e. The second-order valence-electron chi connectivity index (χ2n) is 7.63. The predicted octanol–water partition coefficient (Wildman–Crippen LogP) is 4.41. The van der Waals surface area contributed by atoms with Crippen LogP contribution in [0.15, 0.2) is 70.4 Å². The van der Waals surface area contributed by atoms with E-state index in [1.807, 2.05) is 50.2 Å². The van der Waals surface area contributed by atoms with Crippen LogP contribution in [0.2, 0.25) is 0 Å². The minimum absolute atomic E-state index is 0.0678. The van der Waals surface area contributed by atoms with E-state index in [0.717, 1.165) is 39.0 Å². The Morgan fingerprint density at radius 3 is 2.72 bits per heavy atom. The number of fused-ring (bicyclic) bond motifs is 1. The number of rotatable bonds is 4. The highest BCUT2D eigenvalue weighted by molar-refractivity contribution is 5.85. The first-order chi connectivity index (χ1) is 15.5. The Morgan fingerprint density at radius 2 is 1.91 bits per heavy atom. The Hall–Kier alpha value is -4.33. The highest BCUT2D eigenvalue weighted by Crippen LogP contribution is 2.28. The third-order valence-electron chi connectivity index (χ3n) is 5.36. The van der Waals surface area contributed by atoms with Gasteiger partial charge in [0.05, 0.1) is 11.1 Å². The lowest BCUT2D eigenvalue weighted by molar-refractivity contribution is 0.432.